The predicted molar refractivity (Wildman–Crippen MR) is 67.5 cm³/mol. The van der Waals surface area contributed by atoms with Crippen LogP contribution in [0.1, 0.15) is 5.56 Å². The van der Waals surface area contributed by atoms with Gasteiger partial charge in [-0.15, -0.1) is 6.42 Å². The van der Waals surface area contributed by atoms with Crippen LogP contribution in [0.2, 0.25) is 0 Å². The fourth-order valence-corrected chi connectivity index (χ4v) is 1.37. The van der Waals surface area contributed by atoms with Gasteiger partial charge in [-0.1, -0.05) is 24.1 Å². The van der Waals surface area contributed by atoms with Gasteiger partial charge in [0.2, 0.25) is 5.91 Å². The van der Waals surface area contributed by atoms with Crippen molar-refractivity contribution >= 4 is 11.6 Å². The van der Waals surface area contributed by atoms with Crippen molar-refractivity contribution in [1.82, 2.24) is 5.32 Å². The third-order valence-corrected chi connectivity index (χ3v) is 2.10. The number of rotatable bonds is 6. The van der Waals surface area contributed by atoms with E-state index in [1.165, 1.54) is 0 Å². The average molecular weight is 232 g/mol. The normalized spacial score (nSPS) is 9.65. The summed E-state index contributed by atoms with van der Waals surface area (Å²) in [5.74, 6) is 2.29. The van der Waals surface area contributed by atoms with Gasteiger partial charge in [-0.25, -0.2) is 0 Å². The highest BCUT2D eigenvalue weighted by atomic mass is 16.5. The van der Waals surface area contributed by atoms with Crippen molar-refractivity contribution in [2.24, 2.45) is 0 Å². The molecule has 2 N–H and O–H groups in total. The van der Waals surface area contributed by atoms with E-state index in [0.717, 1.165) is 11.3 Å². The summed E-state index contributed by atoms with van der Waals surface area (Å²) in [5.41, 5.74) is 1.71. The Morgan fingerprint density at radius 1 is 1.47 bits per heavy atom. The lowest BCUT2D eigenvalue weighted by Gasteiger charge is -2.10. The van der Waals surface area contributed by atoms with Crippen LogP contribution in [0, 0.1) is 12.3 Å². The van der Waals surface area contributed by atoms with Crippen LogP contribution < -0.4 is 10.6 Å². The van der Waals surface area contributed by atoms with E-state index in [2.05, 4.69) is 16.6 Å². The van der Waals surface area contributed by atoms with Gasteiger partial charge >= 0.3 is 0 Å². The fourth-order valence-electron chi connectivity index (χ4n) is 1.37. The minimum absolute atomic E-state index is 0.121. The van der Waals surface area contributed by atoms with Crippen LogP contribution >= 0.6 is 0 Å². The van der Waals surface area contributed by atoms with Crippen LogP contribution in [0.3, 0.4) is 0 Å². The van der Waals surface area contributed by atoms with E-state index in [9.17, 15) is 4.79 Å². The minimum atomic E-state index is -0.121. The summed E-state index contributed by atoms with van der Waals surface area (Å²) in [5, 5.41) is 5.63. The van der Waals surface area contributed by atoms with Gasteiger partial charge in [0.05, 0.1) is 19.7 Å². The number of hydrogen-bond acceptors (Lipinski definition) is 3. The molecule has 0 spiro atoms. The molecule has 0 aliphatic heterocycles. The number of anilines is 1. The smallest absolute Gasteiger partial charge is 0.238 e. The van der Waals surface area contributed by atoms with Gasteiger partial charge in [-0.3, -0.25) is 10.1 Å². The molecule has 90 valence electrons. The number of ether oxygens (including phenoxy) is 1. The maximum atomic E-state index is 11.6. The van der Waals surface area contributed by atoms with Gasteiger partial charge in [0.1, 0.15) is 0 Å². The monoisotopic (exact) mass is 232 g/mol. The Labute approximate surface area is 101 Å². The lowest BCUT2D eigenvalue weighted by Crippen LogP contribution is -2.28. The second kappa shape index (κ2) is 7.44. The maximum absolute atomic E-state index is 11.6. The van der Waals surface area contributed by atoms with E-state index in [-0.39, 0.29) is 12.5 Å². The van der Waals surface area contributed by atoms with E-state index >= 15 is 0 Å². The Balaban J connectivity index is 2.55. The number of nitrogens with one attached hydrogen (secondary N) is 2. The molecule has 17 heavy (non-hydrogen) atoms. The van der Waals surface area contributed by atoms with E-state index in [0.29, 0.717) is 13.2 Å². The zero-order valence-electron chi connectivity index (χ0n) is 9.82. The molecule has 0 radical (unpaired) electrons. The number of benzene rings is 1. The molecule has 0 aliphatic rings. The number of carbonyl (C=O) groups excluding carboxylic acids is 1. The maximum Gasteiger partial charge on any atom is 0.238 e. The zero-order chi connectivity index (χ0) is 12.5. The molecule has 0 aliphatic carbocycles. The molecule has 0 saturated carbocycles. The van der Waals surface area contributed by atoms with Crippen molar-refractivity contribution in [1.29, 1.82) is 0 Å². The highest BCUT2D eigenvalue weighted by Crippen LogP contribution is 2.15. The van der Waals surface area contributed by atoms with Crippen molar-refractivity contribution < 1.29 is 9.53 Å². The lowest BCUT2D eigenvalue weighted by molar-refractivity contribution is -0.115. The van der Waals surface area contributed by atoms with Crippen LogP contribution in [-0.2, 0) is 16.1 Å². The summed E-state index contributed by atoms with van der Waals surface area (Å²) in [6.45, 7) is 1.05. The van der Waals surface area contributed by atoms with E-state index < -0.39 is 0 Å². The third-order valence-electron chi connectivity index (χ3n) is 2.10. The molecule has 1 aromatic carbocycles. The van der Waals surface area contributed by atoms with E-state index in [1.807, 2.05) is 24.3 Å². The molecule has 0 unspecified atom stereocenters. The third kappa shape index (κ3) is 4.68. The molecule has 0 aromatic heterocycles. The van der Waals surface area contributed by atoms with Crippen LogP contribution in [-0.4, -0.2) is 26.1 Å². The fraction of sp³-hybridized carbons (Fsp3) is 0.308. The van der Waals surface area contributed by atoms with Crippen LogP contribution in [0.4, 0.5) is 5.69 Å². The SMILES string of the molecule is C#CCNCC(=O)Nc1ccccc1COC. The Hall–Kier alpha value is -1.83. The number of methoxy groups -OCH3 is 1. The highest BCUT2D eigenvalue weighted by Gasteiger charge is 2.05. The van der Waals surface area contributed by atoms with Gasteiger partial charge in [-0.2, -0.15) is 0 Å². The largest absolute Gasteiger partial charge is 0.380 e. The van der Waals surface area contributed by atoms with Gasteiger partial charge in [0.25, 0.3) is 0 Å². The summed E-state index contributed by atoms with van der Waals surface area (Å²) in [6, 6.07) is 7.52. The molecular weight excluding hydrogens is 216 g/mol. The van der Waals surface area contributed by atoms with Crippen LogP contribution in [0.25, 0.3) is 0 Å². The Morgan fingerprint density at radius 2 is 2.24 bits per heavy atom. The number of carbonyl (C=O) groups is 1. The Bertz CT molecular complexity index is 410. The Morgan fingerprint density at radius 3 is 2.94 bits per heavy atom. The quantitative estimate of drug-likeness (QED) is 0.568. The average Bonchev–Trinajstić information content (AvgIpc) is 2.32. The molecule has 0 saturated heterocycles. The second-order valence-electron chi connectivity index (χ2n) is 3.45. The molecule has 0 bridgehead atoms. The summed E-state index contributed by atoms with van der Waals surface area (Å²) in [4.78, 5) is 11.6. The first kappa shape index (κ1) is 13.2. The molecule has 1 rings (SSSR count). The molecule has 0 atom stereocenters. The predicted octanol–water partition coefficient (Wildman–Crippen LogP) is 0.994. The molecule has 0 fully saturated rings. The van der Waals surface area contributed by atoms with E-state index in [4.69, 9.17) is 11.2 Å². The van der Waals surface area contributed by atoms with Crippen molar-refractivity contribution in [3.05, 3.63) is 29.8 Å². The van der Waals surface area contributed by atoms with Gasteiger partial charge in [0.15, 0.2) is 0 Å². The first-order valence-corrected chi connectivity index (χ1v) is 5.28. The number of terminal acetylenes is 1. The van der Waals surface area contributed by atoms with Crippen LogP contribution in [0.5, 0.6) is 0 Å². The van der Waals surface area contributed by atoms with Crippen LogP contribution in [0.15, 0.2) is 24.3 Å². The molecule has 1 amide bonds. The van der Waals surface area contributed by atoms with Gasteiger partial charge in [0, 0.05) is 18.4 Å². The molecule has 1 aromatic rings. The second-order valence-corrected chi connectivity index (χ2v) is 3.45. The van der Waals surface area contributed by atoms with Gasteiger partial charge < -0.3 is 10.1 Å². The summed E-state index contributed by atoms with van der Waals surface area (Å²) in [6.07, 6.45) is 5.07. The number of hydrogen-bond donors (Lipinski definition) is 2. The van der Waals surface area contributed by atoms with Crippen molar-refractivity contribution in [2.75, 3.05) is 25.5 Å². The molecule has 4 heteroatoms. The van der Waals surface area contributed by atoms with Crippen molar-refractivity contribution in [3.63, 3.8) is 0 Å². The van der Waals surface area contributed by atoms with E-state index in [1.54, 1.807) is 7.11 Å². The minimum Gasteiger partial charge on any atom is -0.380 e. The van der Waals surface area contributed by atoms with Crippen molar-refractivity contribution in [2.45, 2.75) is 6.61 Å². The number of amides is 1. The topological polar surface area (TPSA) is 50.4 Å². The molecular formula is C13H16N2O2. The first-order chi connectivity index (χ1) is 8.27. The lowest BCUT2D eigenvalue weighted by atomic mass is 10.2. The first-order valence-electron chi connectivity index (χ1n) is 5.28. The Kier molecular flexibility index (Phi) is 5.80. The highest BCUT2D eigenvalue weighted by molar-refractivity contribution is 5.92. The standard InChI is InChI=1S/C13H16N2O2/c1-3-8-14-9-13(16)15-12-7-5-4-6-11(12)10-17-2/h1,4-7,14H,8-10H2,2H3,(H,15,16). The van der Waals surface area contributed by atoms with Crippen molar-refractivity contribution in [3.8, 4) is 12.3 Å². The summed E-state index contributed by atoms with van der Waals surface area (Å²) in [7, 11) is 1.62. The number of para-hydroxylation sites is 1. The van der Waals surface area contributed by atoms with Gasteiger partial charge in [-0.05, 0) is 6.07 Å². The summed E-state index contributed by atoms with van der Waals surface area (Å²) >= 11 is 0. The summed E-state index contributed by atoms with van der Waals surface area (Å²) < 4.78 is 5.06. The molecule has 4 nitrogen and oxygen atoms in total. The zero-order valence-corrected chi connectivity index (χ0v) is 9.82. The molecule has 0 heterocycles.